The van der Waals surface area contributed by atoms with Crippen LogP contribution in [0.1, 0.15) is 29.5 Å². The summed E-state index contributed by atoms with van der Waals surface area (Å²) in [6, 6.07) is 22.7. The van der Waals surface area contributed by atoms with Gasteiger partial charge in [0.25, 0.3) is 0 Å². The van der Waals surface area contributed by atoms with E-state index in [1.165, 1.54) is 15.4 Å². The number of methoxy groups -OCH3 is 1. The summed E-state index contributed by atoms with van der Waals surface area (Å²) in [5.74, 6) is 1.28. The van der Waals surface area contributed by atoms with Gasteiger partial charge in [0.15, 0.2) is 11.5 Å². The van der Waals surface area contributed by atoms with Crippen LogP contribution in [0, 0.1) is 0 Å². The molecule has 3 aromatic carbocycles. The van der Waals surface area contributed by atoms with Gasteiger partial charge in [-0.2, -0.15) is 4.31 Å². The van der Waals surface area contributed by atoms with Crippen LogP contribution < -0.4 is 9.47 Å². The second-order valence-electron chi connectivity index (χ2n) is 9.15. The zero-order valence-corrected chi connectivity index (χ0v) is 20.7. The Kier molecular flexibility index (Phi) is 7.09. The van der Waals surface area contributed by atoms with E-state index in [2.05, 4.69) is 24.3 Å². The van der Waals surface area contributed by atoms with Gasteiger partial charge in [-0.1, -0.05) is 48.5 Å². The number of fused-ring (bicyclic) bond motifs is 1. The fourth-order valence-electron chi connectivity index (χ4n) is 4.90. The summed E-state index contributed by atoms with van der Waals surface area (Å²) >= 11 is 0. The van der Waals surface area contributed by atoms with Crippen molar-refractivity contribution in [3.05, 3.63) is 89.5 Å². The molecule has 0 radical (unpaired) electrons. The highest BCUT2D eigenvalue weighted by Gasteiger charge is 2.30. The van der Waals surface area contributed by atoms with Gasteiger partial charge in [0.1, 0.15) is 6.10 Å². The quantitative estimate of drug-likeness (QED) is 0.436. The highest BCUT2D eigenvalue weighted by Crippen LogP contribution is 2.33. The van der Waals surface area contributed by atoms with Gasteiger partial charge in [-0.05, 0) is 53.8 Å². The van der Waals surface area contributed by atoms with E-state index in [0.29, 0.717) is 24.7 Å². The van der Waals surface area contributed by atoms with Crippen LogP contribution in [-0.2, 0) is 34.1 Å². The Morgan fingerprint density at radius 3 is 2.31 bits per heavy atom. The van der Waals surface area contributed by atoms with Gasteiger partial charge in [-0.3, -0.25) is 0 Å². The first kappa shape index (κ1) is 23.9. The summed E-state index contributed by atoms with van der Waals surface area (Å²) in [5.41, 5.74) is 3.48. The van der Waals surface area contributed by atoms with Gasteiger partial charge < -0.3 is 14.2 Å². The molecule has 1 aliphatic heterocycles. The molecule has 1 aliphatic carbocycles. The Balaban J connectivity index is 1.35. The molecule has 7 heteroatoms. The van der Waals surface area contributed by atoms with Gasteiger partial charge in [-0.25, -0.2) is 8.42 Å². The molecule has 1 atom stereocenters. The molecule has 1 fully saturated rings. The zero-order valence-electron chi connectivity index (χ0n) is 19.9. The Bertz CT molecular complexity index is 1230. The molecule has 0 bridgehead atoms. The van der Waals surface area contributed by atoms with Crippen LogP contribution in [0.25, 0.3) is 0 Å². The van der Waals surface area contributed by atoms with Crippen LogP contribution >= 0.6 is 0 Å². The van der Waals surface area contributed by atoms with Crippen LogP contribution in [0.3, 0.4) is 0 Å². The maximum atomic E-state index is 13.5. The summed E-state index contributed by atoms with van der Waals surface area (Å²) in [4.78, 5) is 0.283. The summed E-state index contributed by atoms with van der Waals surface area (Å²) in [5, 5.41) is 0. The smallest absolute Gasteiger partial charge is 0.243 e. The molecule has 0 amide bonds. The average Bonchev–Trinajstić information content (AvgIpc) is 3.54. The predicted octanol–water partition coefficient (Wildman–Crippen LogP) is 4.61. The van der Waals surface area contributed by atoms with Crippen molar-refractivity contribution in [2.45, 2.75) is 49.3 Å². The van der Waals surface area contributed by atoms with Gasteiger partial charge in [0.2, 0.25) is 10.0 Å². The molecule has 2 aliphatic rings. The Hall–Kier alpha value is -2.87. The third-order valence-electron chi connectivity index (χ3n) is 6.71. The van der Waals surface area contributed by atoms with Crippen molar-refractivity contribution >= 4 is 10.0 Å². The van der Waals surface area contributed by atoms with Crippen molar-refractivity contribution < 1.29 is 22.6 Å². The van der Waals surface area contributed by atoms with Crippen molar-refractivity contribution in [3.8, 4) is 11.5 Å². The van der Waals surface area contributed by atoms with E-state index in [-0.39, 0.29) is 23.6 Å². The molecule has 1 saturated heterocycles. The fourth-order valence-corrected chi connectivity index (χ4v) is 6.38. The second-order valence-corrected chi connectivity index (χ2v) is 11.1. The van der Waals surface area contributed by atoms with Gasteiger partial charge in [-0.15, -0.1) is 0 Å². The number of nitrogens with zero attached hydrogens (tertiary/aromatic N) is 1. The highest BCUT2D eigenvalue weighted by molar-refractivity contribution is 7.89. The summed E-state index contributed by atoms with van der Waals surface area (Å²) < 4.78 is 46.2. The first-order valence-electron chi connectivity index (χ1n) is 12.1. The number of rotatable bonds is 9. The molecule has 0 spiro atoms. The van der Waals surface area contributed by atoms with E-state index >= 15 is 0 Å². The molecular formula is C28H31NO5S. The van der Waals surface area contributed by atoms with Crippen LogP contribution in [0.4, 0.5) is 0 Å². The Morgan fingerprint density at radius 1 is 0.943 bits per heavy atom. The summed E-state index contributed by atoms with van der Waals surface area (Å²) in [6.07, 6.45) is 3.51. The van der Waals surface area contributed by atoms with Crippen LogP contribution in [0.15, 0.2) is 77.7 Å². The second kappa shape index (κ2) is 10.4. The minimum atomic E-state index is -3.68. The standard InChI is InChI=1S/C28H31NO5S/c1-32-28-16-21(13-14-27(28)34-25-17-22-8-5-6-9-23(22)18-25)19-29(20-24-10-7-15-33-24)35(30,31)26-11-3-2-4-12-26/h2-6,8-9,11-14,16,24-25H,7,10,15,17-20H2,1H3. The molecule has 0 N–H and O–H groups in total. The molecule has 35 heavy (non-hydrogen) atoms. The molecule has 1 heterocycles. The van der Waals surface area contributed by atoms with E-state index in [4.69, 9.17) is 14.2 Å². The van der Waals surface area contributed by atoms with Crippen molar-refractivity contribution in [2.75, 3.05) is 20.3 Å². The number of ether oxygens (including phenoxy) is 3. The molecule has 5 rings (SSSR count). The lowest BCUT2D eigenvalue weighted by Crippen LogP contribution is -2.37. The molecular weight excluding hydrogens is 462 g/mol. The topological polar surface area (TPSA) is 65.1 Å². The molecule has 1 unspecified atom stereocenters. The number of hydrogen-bond acceptors (Lipinski definition) is 5. The third-order valence-corrected chi connectivity index (χ3v) is 8.53. The minimum Gasteiger partial charge on any atom is -0.493 e. The van der Waals surface area contributed by atoms with E-state index < -0.39 is 10.0 Å². The minimum absolute atomic E-state index is 0.0571. The van der Waals surface area contributed by atoms with Crippen molar-refractivity contribution in [1.29, 1.82) is 0 Å². The fraction of sp³-hybridized carbons (Fsp3) is 0.357. The van der Waals surface area contributed by atoms with Crippen molar-refractivity contribution in [2.24, 2.45) is 0 Å². The van der Waals surface area contributed by atoms with Crippen molar-refractivity contribution in [3.63, 3.8) is 0 Å². The van der Waals surface area contributed by atoms with Crippen LogP contribution in [0.2, 0.25) is 0 Å². The molecule has 0 saturated carbocycles. The maximum Gasteiger partial charge on any atom is 0.243 e. The Morgan fingerprint density at radius 2 is 1.66 bits per heavy atom. The zero-order chi connectivity index (χ0) is 24.3. The van der Waals surface area contributed by atoms with Crippen LogP contribution in [-0.4, -0.2) is 45.2 Å². The monoisotopic (exact) mass is 493 g/mol. The molecule has 3 aromatic rings. The number of hydrogen-bond donors (Lipinski definition) is 0. The van der Waals surface area contributed by atoms with E-state index in [0.717, 1.165) is 31.2 Å². The van der Waals surface area contributed by atoms with E-state index in [1.54, 1.807) is 31.4 Å². The van der Waals surface area contributed by atoms with Crippen LogP contribution in [0.5, 0.6) is 11.5 Å². The lowest BCUT2D eigenvalue weighted by Gasteiger charge is -2.25. The lowest BCUT2D eigenvalue weighted by atomic mass is 10.1. The average molecular weight is 494 g/mol. The largest absolute Gasteiger partial charge is 0.493 e. The SMILES string of the molecule is COc1cc(CN(CC2CCCO2)S(=O)(=O)c2ccccc2)ccc1OC1Cc2ccccc2C1. The number of sulfonamides is 1. The first-order chi connectivity index (χ1) is 17.0. The predicted molar refractivity (Wildman–Crippen MR) is 134 cm³/mol. The van der Waals surface area contributed by atoms with Crippen molar-refractivity contribution in [1.82, 2.24) is 4.31 Å². The summed E-state index contributed by atoms with van der Waals surface area (Å²) in [6.45, 7) is 1.22. The van der Waals surface area contributed by atoms with Gasteiger partial charge in [0.05, 0.1) is 18.1 Å². The normalized spacial score (nSPS) is 18.1. The van der Waals surface area contributed by atoms with E-state index in [1.807, 2.05) is 24.3 Å². The molecule has 184 valence electrons. The summed E-state index contributed by atoms with van der Waals surface area (Å²) in [7, 11) is -2.07. The molecule has 6 nitrogen and oxygen atoms in total. The first-order valence-corrected chi connectivity index (χ1v) is 13.5. The maximum absolute atomic E-state index is 13.5. The van der Waals surface area contributed by atoms with Gasteiger partial charge >= 0.3 is 0 Å². The third kappa shape index (κ3) is 5.37. The lowest BCUT2D eigenvalue weighted by molar-refractivity contribution is 0.0925. The molecule has 0 aromatic heterocycles. The highest BCUT2D eigenvalue weighted by atomic mass is 32.2. The Labute approximate surface area is 207 Å². The number of benzene rings is 3. The van der Waals surface area contributed by atoms with Gasteiger partial charge in [0, 0.05) is 32.5 Å². The van der Waals surface area contributed by atoms with E-state index in [9.17, 15) is 8.42 Å².